The van der Waals surface area contributed by atoms with Crippen molar-refractivity contribution < 1.29 is 0 Å². The molecule has 0 aromatic carbocycles. The Morgan fingerprint density at radius 2 is 2.19 bits per heavy atom. The van der Waals surface area contributed by atoms with E-state index in [0.29, 0.717) is 12.6 Å². The Kier molecular flexibility index (Phi) is 3.24. The fraction of sp³-hybridized carbons (Fsp3) is 0.636. The van der Waals surface area contributed by atoms with E-state index in [0.717, 1.165) is 18.3 Å². The van der Waals surface area contributed by atoms with Gasteiger partial charge in [-0.2, -0.15) is 4.98 Å². The van der Waals surface area contributed by atoms with Crippen molar-refractivity contribution in [3.63, 3.8) is 0 Å². The maximum atomic E-state index is 5.63. The van der Waals surface area contributed by atoms with Gasteiger partial charge in [-0.1, -0.05) is 0 Å². The van der Waals surface area contributed by atoms with Crippen molar-refractivity contribution >= 4 is 11.8 Å². The summed E-state index contributed by atoms with van der Waals surface area (Å²) in [5, 5.41) is 0. The minimum atomic E-state index is 0.633. The highest BCUT2D eigenvalue weighted by molar-refractivity contribution is 5.45. The average molecular weight is 221 g/mol. The molecule has 0 amide bonds. The van der Waals surface area contributed by atoms with Crippen LogP contribution >= 0.6 is 0 Å². The molecule has 5 nitrogen and oxygen atoms in total. The fourth-order valence-electron chi connectivity index (χ4n) is 1.72. The molecule has 0 spiro atoms. The second-order valence-corrected chi connectivity index (χ2v) is 4.32. The van der Waals surface area contributed by atoms with E-state index in [4.69, 9.17) is 5.73 Å². The lowest BCUT2D eigenvalue weighted by atomic mass is 10.4. The Bertz CT molecular complexity index is 348. The van der Waals surface area contributed by atoms with Crippen LogP contribution in [0, 0.1) is 0 Å². The first-order valence-corrected chi connectivity index (χ1v) is 5.69. The van der Waals surface area contributed by atoms with Crippen LogP contribution in [0.25, 0.3) is 0 Å². The summed E-state index contributed by atoms with van der Waals surface area (Å²) in [5.41, 5.74) is 5.63. The molecule has 0 bridgehead atoms. The summed E-state index contributed by atoms with van der Waals surface area (Å²) >= 11 is 0. The number of hydrogen-bond donors (Lipinski definition) is 1. The van der Waals surface area contributed by atoms with Gasteiger partial charge in [0.1, 0.15) is 5.82 Å². The van der Waals surface area contributed by atoms with Crippen LogP contribution in [-0.2, 0) is 0 Å². The van der Waals surface area contributed by atoms with Crippen molar-refractivity contribution in [1.82, 2.24) is 9.97 Å². The molecule has 1 saturated carbocycles. The largest absolute Gasteiger partial charge is 0.352 e. The zero-order valence-electron chi connectivity index (χ0n) is 9.93. The minimum Gasteiger partial charge on any atom is -0.352 e. The maximum Gasteiger partial charge on any atom is 0.226 e. The molecule has 16 heavy (non-hydrogen) atoms. The number of anilines is 2. The van der Waals surface area contributed by atoms with Crippen molar-refractivity contribution in [3.05, 3.63) is 12.3 Å². The second-order valence-electron chi connectivity index (χ2n) is 4.32. The molecular weight excluding hydrogens is 202 g/mol. The van der Waals surface area contributed by atoms with Crippen molar-refractivity contribution in [3.8, 4) is 0 Å². The van der Waals surface area contributed by atoms with Gasteiger partial charge in [0, 0.05) is 39.4 Å². The topological polar surface area (TPSA) is 58.3 Å². The Labute approximate surface area is 96.3 Å². The monoisotopic (exact) mass is 221 g/mol. The average Bonchev–Trinajstić information content (AvgIpc) is 3.10. The van der Waals surface area contributed by atoms with E-state index in [-0.39, 0.29) is 0 Å². The Morgan fingerprint density at radius 3 is 2.75 bits per heavy atom. The molecule has 0 atom stereocenters. The lowest BCUT2D eigenvalue weighted by Crippen LogP contribution is -2.32. The Morgan fingerprint density at radius 1 is 1.44 bits per heavy atom. The van der Waals surface area contributed by atoms with Gasteiger partial charge in [0.2, 0.25) is 5.95 Å². The van der Waals surface area contributed by atoms with E-state index in [1.807, 2.05) is 31.3 Å². The minimum absolute atomic E-state index is 0.633. The molecule has 0 aliphatic heterocycles. The molecule has 1 aliphatic rings. The third-order valence-corrected chi connectivity index (χ3v) is 2.68. The molecule has 1 aromatic heterocycles. The van der Waals surface area contributed by atoms with Crippen molar-refractivity contribution in [1.29, 1.82) is 0 Å². The lowest BCUT2D eigenvalue weighted by molar-refractivity contribution is 0.767. The van der Waals surface area contributed by atoms with E-state index in [9.17, 15) is 0 Å². The molecule has 1 aliphatic carbocycles. The molecule has 1 heterocycles. The Hall–Kier alpha value is -1.36. The summed E-state index contributed by atoms with van der Waals surface area (Å²) in [5.74, 6) is 1.74. The molecule has 0 saturated heterocycles. The third-order valence-electron chi connectivity index (χ3n) is 2.68. The summed E-state index contributed by atoms with van der Waals surface area (Å²) in [6.45, 7) is 1.53. The number of nitrogens with zero attached hydrogens (tertiary/aromatic N) is 4. The van der Waals surface area contributed by atoms with Crippen molar-refractivity contribution in [2.24, 2.45) is 5.73 Å². The SMILES string of the molecule is CN(C)c1nccc(N(CCN)C2CC2)n1. The number of hydrogen-bond acceptors (Lipinski definition) is 5. The summed E-state index contributed by atoms with van der Waals surface area (Å²) in [7, 11) is 3.90. The zero-order valence-corrected chi connectivity index (χ0v) is 9.93. The summed E-state index contributed by atoms with van der Waals surface area (Å²) in [4.78, 5) is 13.0. The van der Waals surface area contributed by atoms with Crippen LogP contribution < -0.4 is 15.5 Å². The van der Waals surface area contributed by atoms with E-state index >= 15 is 0 Å². The van der Waals surface area contributed by atoms with Crippen molar-refractivity contribution in [2.45, 2.75) is 18.9 Å². The first kappa shape index (κ1) is 11.1. The molecule has 1 fully saturated rings. The second kappa shape index (κ2) is 4.65. The van der Waals surface area contributed by atoms with E-state index < -0.39 is 0 Å². The smallest absolute Gasteiger partial charge is 0.226 e. The molecule has 0 unspecified atom stereocenters. The maximum absolute atomic E-state index is 5.63. The van der Waals surface area contributed by atoms with Gasteiger partial charge < -0.3 is 15.5 Å². The number of rotatable bonds is 5. The predicted molar refractivity (Wildman–Crippen MR) is 65.8 cm³/mol. The van der Waals surface area contributed by atoms with E-state index in [1.165, 1.54) is 12.8 Å². The van der Waals surface area contributed by atoms with Gasteiger partial charge in [-0.3, -0.25) is 0 Å². The van der Waals surface area contributed by atoms with Crippen LogP contribution in [0.1, 0.15) is 12.8 Å². The summed E-state index contributed by atoms with van der Waals surface area (Å²) in [6.07, 6.45) is 4.31. The highest BCUT2D eigenvalue weighted by atomic mass is 15.3. The quantitative estimate of drug-likeness (QED) is 0.783. The van der Waals surface area contributed by atoms with Crippen LogP contribution in [0.15, 0.2) is 12.3 Å². The van der Waals surface area contributed by atoms with Gasteiger partial charge >= 0.3 is 0 Å². The number of nitrogens with two attached hydrogens (primary N) is 1. The summed E-state index contributed by atoms with van der Waals surface area (Å²) in [6, 6.07) is 2.59. The molecule has 5 heteroatoms. The van der Waals surface area contributed by atoms with Gasteiger partial charge in [-0.25, -0.2) is 4.98 Å². The van der Waals surface area contributed by atoms with Gasteiger partial charge in [-0.05, 0) is 18.9 Å². The highest BCUT2D eigenvalue weighted by Crippen LogP contribution is 2.30. The molecule has 1 aromatic rings. The lowest BCUT2D eigenvalue weighted by Gasteiger charge is -2.23. The molecule has 2 rings (SSSR count). The van der Waals surface area contributed by atoms with Gasteiger partial charge in [0.25, 0.3) is 0 Å². The first-order valence-electron chi connectivity index (χ1n) is 5.69. The predicted octanol–water partition coefficient (Wildman–Crippen LogP) is 0.470. The molecule has 88 valence electrons. The van der Waals surface area contributed by atoms with Crippen LogP contribution in [0.3, 0.4) is 0 Å². The van der Waals surface area contributed by atoms with Crippen molar-refractivity contribution in [2.75, 3.05) is 37.0 Å². The first-order chi connectivity index (χ1) is 7.72. The zero-order chi connectivity index (χ0) is 11.5. The third kappa shape index (κ3) is 2.41. The van der Waals surface area contributed by atoms with Crippen LogP contribution in [0.2, 0.25) is 0 Å². The van der Waals surface area contributed by atoms with Gasteiger partial charge in [0.15, 0.2) is 0 Å². The molecule has 0 radical (unpaired) electrons. The van der Waals surface area contributed by atoms with E-state index in [1.54, 1.807) is 0 Å². The molecule has 2 N–H and O–H groups in total. The van der Waals surface area contributed by atoms with Crippen LogP contribution in [0.4, 0.5) is 11.8 Å². The van der Waals surface area contributed by atoms with Crippen LogP contribution in [0.5, 0.6) is 0 Å². The van der Waals surface area contributed by atoms with Gasteiger partial charge in [-0.15, -0.1) is 0 Å². The summed E-state index contributed by atoms with van der Waals surface area (Å²) < 4.78 is 0. The normalized spacial score (nSPS) is 14.9. The standard InChI is InChI=1S/C11H19N5/c1-15(2)11-13-7-5-10(14-11)16(8-6-12)9-3-4-9/h5,7,9H,3-4,6,8,12H2,1-2H3. The van der Waals surface area contributed by atoms with Gasteiger partial charge in [0.05, 0.1) is 0 Å². The van der Waals surface area contributed by atoms with E-state index in [2.05, 4.69) is 14.9 Å². The molecular formula is C11H19N5. The highest BCUT2D eigenvalue weighted by Gasteiger charge is 2.29. The van der Waals surface area contributed by atoms with Crippen LogP contribution in [-0.4, -0.2) is 43.2 Å². The number of aromatic nitrogens is 2. The Balaban J connectivity index is 2.19. The fourth-order valence-corrected chi connectivity index (χ4v) is 1.72.